The first kappa shape index (κ1) is 21.4. The van der Waals surface area contributed by atoms with Crippen molar-refractivity contribution in [2.45, 2.75) is 45.1 Å². The first-order chi connectivity index (χ1) is 11.6. The summed E-state index contributed by atoms with van der Waals surface area (Å²) in [5.74, 6) is -0.393. The zero-order chi connectivity index (χ0) is 19.2. The lowest BCUT2D eigenvalue weighted by Gasteiger charge is -2.32. The molecule has 0 fully saturated rings. The zero-order valence-corrected chi connectivity index (χ0v) is 16.2. The summed E-state index contributed by atoms with van der Waals surface area (Å²) in [7, 11) is -2.49. The van der Waals surface area contributed by atoms with Crippen LogP contribution >= 0.6 is 0 Å². The molecule has 142 valence electrons. The zero-order valence-electron chi connectivity index (χ0n) is 15.4. The van der Waals surface area contributed by atoms with Gasteiger partial charge in [-0.1, -0.05) is 33.8 Å². The Morgan fingerprint density at radius 1 is 1.28 bits per heavy atom. The molecule has 1 amide bonds. The largest absolute Gasteiger partial charge is 0.497 e. The van der Waals surface area contributed by atoms with Crippen LogP contribution in [-0.4, -0.2) is 43.5 Å². The second-order valence-corrected chi connectivity index (χ2v) is 8.53. The summed E-state index contributed by atoms with van der Waals surface area (Å²) in [5, 5.41) is 9.06. The average molecular weight is 372 g/mol. The van der Waals surface area contributed by atoms with Gasteiger partial charge in [0, 0.05) is 12.6 Å². The molecule has 1 rings (SSSR count). The molecule has 0 aliphatic rings. The normalized spacial score (nSPS) is 13.3. The molecule has 0 saturated heterocycles. The van der Waals surface area contributed by atoms with E-state index in [-0.39, 0.29) is 23.3 Å². The maximum atomic E-state index is 13.2. The van der Waals surface area contributed by atoms with Crippen LogP contribution in [0.3, 0.4) is 0 Å². The SMILES string of the molecule is COc1cccc(S(=O)(=O)N(CCC(C)C)[C@@H](C(=O)NO)C(C)C)c1. The van der Waals surface area contributed by atoms with Crippen molar-refractivity contribution in [3.63, 3.8) is 0 Å². The van der Waals surface area contributed by atoms with Crippen LogP contribution in [0.25, 0.3) is 0 Å². The summed E-state index contributed by atoms with van der Waals surface area (Å²) in [5.41, 5.74) is 1.59. The topological polar surface area (TPSA) is 95.9 Å². The number of rotatable bonds is 9. The number of amides is 1. The second kappa shape index (κ2) is 9.17. The van der Waals surface area contributed by atoms with Crippen LogP contribution in [-0.2, 0) is 14.8 Å². The number of carbonyl (C=O) groups excluding carboxylic acids is 1. The lowest BCUT2D eigenvalue weighted by molar-refractivity contribution is -0.134. The van der Waals surface area contributed by atoms with Gasteiger partial charge in [-0.25, -0.2) is 13.9 Å². The molecule has 0 spiro atoms. The Balaban J connectivity index is 3.39. The number of methoxy groups -OCH3 is 1. The summed E-state index contributed by atoms with van der Waals surface area (Å²) in [6, 6.07) is 5.11. The van der Waals surface area contributed by atoms with Crippen molar-refractivity contribution in [2.24, 2.45) is 11.8 Å². The molecule has 0 unspecified atom stereocenters. The second-order valence-electron chi connectivity index (χ2n) is 6.64. The van der Waals surface area contributed by atoms with E-state index in [1.54, 1.807) is 31.5 Å². The molecule has 0 heterocycles. The Hall–Kier alpha value is -1.64. The molecule has 7 nitrogen and oxygen atoms in total. The first-order valence-electron chi connectivity index (χ1n) is 8.25. The molecule has 1 atom stereocenters. The number of sulfonamides is 1. The smallest absolute Gasteiger partial charge is 0.262 e. The van der Waals surface area contributed by atoms with Crippen molar-refractivity contribution in [2.75, 3.05) is 13.7 Å². The Labute approximate surface area is 150 Å². The number of nitrogens with one attached hydrogen (secondary N) is 1. The highest BCUT2D eigenvalue weighted by molar-refractivity contribution is 7.89. The maximum absolute atomic E-state index is 13.2. The van der Waals surface area contributed by atoms with Gasteiger partial charge in [0.25, 0.3) is 5.91 Å². The van der Waals surface area contributed by atoms with E-state index in [0.717, 1.165) is 4.31 Å². The fourth-order valence-corrected chi connectivity index (χ4v) is 4.29. The molecule has 0 bridgehead atoms. The van der Waals surface area contributed by atoms with Crippen LogP contribution in [0.2, 0.25) is 0 Å². The van der Waals surface area contributed by atoms with E-state index in [1.165, 1.54) is 19.2 Å². The molecular weight excluding hydrogens is 344 g/mol. The fourth-order valence-electron chi connectivity index (χ4n) is 2.52. The Kier molecular flexibility index (Phi) is 7.85. The Morgan fingerprint density at radius 3 is 2.40 bits per heavy atom. The van der Waals surface area contributed by atoms with Crippen molar-refractivity contribution < 1.29 is 23.2 Å². The molecule has 25 heavy (non-hydrogen) atoms. The highest BCUT2D eigenvalue weighted by Crippen LogP contribution is 2.26. The van der Waals surface area contributed by atoms with E-state index in [0.29, 0.717) is 12.2 Å². The summed E-state index contributed by atoms with van der Waals surface area (Å²) in [6.45, 7) is 7.61. The van der Waals surface area contributed by atoms with Crippen LogP contribution < -0.4 is 10.2 Å². The molecule has 0 aliphatic carbocycles. The predicted molar refractivity (Wildman–Crippen MR) is 94.9 cm³/mol. The van der Waals surface area contributed by atoms with Crippen molar-refractivity contribution in [3.05, 3.63) is 24.3 Å². The van der Waals surface area contributed by atoms with Crippen molar-refractivity contribution in [1.82, 2.24) is 9.79 Å². The van der Waals surface area contributed by atoms with Crippen LogP contribution in [0.1, 0.15) is 34.1 Å². The molecular formula is C17H28N2O5S. The van der Waals surface area contributed by atoms with Crippen LogP contribution in [0.5, 0.6) is 5.75 Å². The van der Waals surface area contributed by atoms with E-state index in [1.807, 2.05) is 13.8 Å². The third-order valence-electron chi connectivity index (χ3n) is 3.90. The summed E-state index contributed by atoms with van der Waals surface area (Å²) in [4.78, 5) is 12.2. The molecule has 0 radical (unpaired) electrons. The van der Waals surface area contributed by atoms with E-state index in [4.69, 9.17) is 9.94 Å². The lowest BCUT2D eigenvalue weighted by atomic mass is 10.0. The van der Waals surface area contributed by atoms with E-state index >= 15 is 0 Å². The number of hydroxylamine groups is 1. The fraction of sp³-hybridized carbons (Fsp3) is 0.588. The number of benzene rings is 1. The van der Waals surface area contributed by atoms with Gasteiger partial charge in [-0.05, 0) is 30.4 Å². The standard InChI is InChI=1S/C17H28N2O5S/c1-12(2)9-10-19(16(13(3)4)17(20)18-21)25(22,23)15-8-6-7-14(11-15)24-5/h6-8,11-13,16,21H,9-10H2,1-5H3,(H,18,20)/t16-/m1/s1. The third kappa shape index (κ3) is 5.42. The van der Waals surface area contributed by atoms with Gasteiger partial charge in [-0.15, -0.1) is 0 Å². The van der Waals surface area contributed by atoms with Crippen LogP contribution in [0.15, 0.2) is 29.2 Å². The number of ether oxygens (including phenoxy) is 1. The average Bonchev–Trinajstić information content (AvgIpc) is 2.57. The number of nitrogens with zero attached hydrogens (tertiary/aromatic N) is 1. The lowest BCUT2D eigenvalue weighted by Crippen LogP contribution is -2.52. The monoisotopic (exact) mass is 372 g/mol. The van der Waals surface area contributed by atoms with Gasteiger partial charge in [0.1, 0.15) is 11.8 Å². The number of hydrogen-bond donors (Lipinski definition) is 2. The van der Waals surface area contributed by atoms with Gasteiger partial charge < -0.3 is 4.74 Å². The van der Waals surface area contributed by atoms with Crippen molar-refractivity contribution in [3.8, 4) is 5.75 Å². The Bertz CT molecular complexity index is 673. The Morgan fingerprint density at radius 2 is 1.92 bits per heavy atom. The van der Waals surface area contributed by atoms with Crippen molar-refractivity contribution >= 4 is 15.9 Å². The molecule has 0 aliphatic heterocycles. The molecule has 2 N–H and O–H groups in total. The molecule has 0 saturated carbocycles. The van der Waals surface area contributed by atoms with Gasteiger partial charge in [0.2, 0.25) is 10.0 Å². The van der Waals surface area contributed by atoms with Crippen LogP contribution in [0.4, 0.5) is 0 Å². The molecule has 8 heteroatoms. The third-order valence-corrected chi connectivity index (χ3v) is 5.77. The minimum atomic E-state index is -3.95. The quantitative estimate of drug-likeness (QED) is 0.512. The summed E-state index contributed by atoms with van der Waals surface area (Å²) in [6.07, 6.45) is 0.588. The summed E-state index contributed by atoms with van der Waals surface area (Å²) < 4.78 is 32.6. The highest BCUT2D eigenvalue weighted by Gasteiger charge is 2.37. The van der Waals surface area contributed by atoms with E-state index in [2.05, 4.69) is 0 Å². The minimum Gasteiger partial charge on any atom is -0.497 e. The first-order valence-corrected chi connectivity index (χ1v) is 9.69. The van der Waals surface area contributed by atoms with Crippen molar-refractivity contribution in [1.29, 1.82) is 0 Å². The molecule has 1 aromatic carbocycles. The number of carbonyl (C=O) groups is 1. The number of hydrogen-bond acceptors (Lipinski definition) is 5. The molecule has 1 aromatic rings. The maximum Gasteiger partial charge on any atom is 0.262 e. The van der Waals surface area contributed by atoms with Gasteiger partial charge in [-0.2, -0.15) is 4.31 Å². The van der Waals surface area contributed by atoms with Crippen LogP contribution in [0, 0.1) is 11.8 Å². The minimum absolute atomic E-state index is 0.0481. The van der Waals surface area contributed by atoms with E-state index < -0.39 is 22.0 Å². The van der Waals surface area contributed by atoms with E-state index in [9.17, 15) is 13.2 Å². The van der Waals surface area contributed by atoms with Gasteiger partial charge in [-0.3, -0.25) is 10.0 Å². The van der Waals surface area contributed by atoms with Gasteiger partial charge >= 0.3 is 0 Å². The summed E-state index contributed by atoms with van der Waals surface area (Å²) >= 11 is 0. The molecule has 0 aromatic heterocycles. The van der Waals surface area contributed by atoms with Gasteiger partial charge in [0.05, 0.1) is 12.0 Å². The highest BCUT2D eigenvalue weighted by atomic mass is 32.2. The predicted octanol–water partition coefficient (Wildman–Crippen LogP) is 2.26. The van der Waals surface area contributed by atoms with Gasteiger partial charge in [0.15, 0.2) is 0 Å².